The van der Waals surface area contributed by atoms with Crippen LogP contribution in [0.2, 0.25) is 0 Å². The van der Waals surface area contributed by atoms with Crippen molar-refractivity contribution in [3.05, 3.63) is 64.2 Å². The van der Waals surface area contributed by atoms with E-state index in [2.05, 4.69) is 57.2 Å². The summed E-state index contributed by atoms with van der Waals surface area (Å²) in [7, 11) is 0. The molecular formula is C18H21NO. The Morgan fingerprint density at radius 1 is 1.10 bits per heavy atom. The summed E-state index contributed by atoms with van der Waals surface area (Å²) in [5, 5.41) is 0. The number of fused-ring (bicyclic) bond motifs is 1. The molecule has 0 amide bonds. The van der Waals surface area contributed by atoms with Crippen LogP contribution in [0.5, 0.6) is 5.75 Å². The van der Waals surface area contributed by atoms with Crippen molar-refractivity contribution in [3.8, 4) is 5.75 Å². The van der Waals surface area contributed by atoms with Crippen LogP contribution in [0.3, 0.4) is 0 Å². The van der Waals surface area contributed by atoms with Gasteiger partial charge in [0.15, 0.2) is 0 Å². The van der Waals surface area contributed by atoms with Gasteiger partial charge in [0.2, 0.25) is 0 Å². The number of aryl methyl sites for hydroxylation is 2. The topological polar surface area (TPSA) is 35.2 Å². The average Bonchev–Trinajstić information content (AvgIpc) is 2.89. The molecule has 104 valence electrons. The Bertz CT molecular complexity index is 658. The third kappa shape index (κ3) is 2.01. The van der Waals surface area contributed by atoms with E-state index in [9.17, 15) is 0 Å². The molecule has 0 radical (unpaired) electrons. The maximum atomic E-state index is 6.67. The molecule has 2 heteroatoms. The zero-order chi connectivity index (χ0) is 14.3. The second-order valence-electron chi connectivity index (χ2n) is 5.89. The van der Waals surface area contributed by atoms with E-state index in [0.717, 1.165) is 29.9 Å². The van der Waals surface area contributed by atoms with Crippen LogP contribution in [0.25, 0.3) is 0 Å². The molecule has 1 atom stereocenters. The summed E-state index contributed by atoms with van der Waals surface area (Å²) in [5.41, 5.74) is 12.2. The van der Waals surface area contributed by atoms with Crippen LogP contribution in [-0.2, 0) is 12.0 Å². The minimum atomic E-state index is -0.534. The Morgan fingerprint density at radius 2 is 1.90 bits per heavy atom. The number of nitrogens with two attached hydrogens (primary N) is 1. The molecular weight excluding hydrogens is 246 g/mol. The summed E-state index contributed by atoms with van der Waals surface area (Å²) >= 11 is 0. The lowest BCUT2D eigenvalue weighted by Crippen LogP contribution is -2.34. The fourth-order valence-electron chi connectivity index (χ4n) is 2.84. The molecule has 0 aliphatic carbocycles. The number of hydrogen-bond donors (Lipinski definition) is 1. The second kappa shape index (κ2) is 4.64. The van der Waals surface area contributed by atoms with Gasteiger partial charge in [0.25, 0.3) is 0 Å². The molecule has 2 N–H and O–H groups in total. The zero-order valence-electron chi connectivity index (χ0n) is 12.4. The maximum absolute atomic E-state index is 6.67. The molecule has 0 saturated heterocycles. The molecule has 3 rings (SSSR count). The number of ether oxygens (including phenoxy) is 1. The molecule has 1 aliphatic rings. The number of rotatable bonds is 2. The van der Waals surface area contributed by atoms with Crippen molar-refractivity contribution in [1.29, 1.82) is 0 Å². The molecule has 0 bridgehead atoms. The van der Waals surface area contributed by atoms with Crippen LogP contribution in [0.1, 0.15) is 34.7 Å². The van der Waals surface area contributed by atoms with Crippen LogP contribution >= 0.6 is 0 Å². The molecule has 2 aromatic rings. The first-order chi connectivity index (χ1) is 9.50. The van der Waals surface area contributed by atoms with Crippen LogP contribution in [0.15, 0.2) is 36.4 Å². The summed E-state index contributed by atoms with van der Waals surface area (Å²) < 4.78 is 5.81. The van der Waals surface area contributed by atoms with E-state index in [1.54, 1.807) is 0 Å². The van der Waals surface area contributed by atoms with E-state index in [-0.39, 0.29) is 0 Å². The summed E-state index contributed by atoms with van der Waals surface area (Å²) in [5.74, 6) is 0.982. The Balaban J connectivity index is 2.12. The molecule has 1 aliphatic heterocycles. The number of hydrogen-bond acceptors (Lipinski definition) is 2. The highest BCUT2D eigenvalue weighted by Gasteiger charge is 2.30. The molecule has 0 saturated carbocycles. The summed E-state index contributed by atoms with van der Waals surface area (Å²) in [6, 6.07) is 12.7. The lowest BCUT2D eigenvalue weighted by atomic mass is 9.83. The van der Waals surface area contributed by atoms with Crippen LogP contribution in [-0.4, -0.2) is 6.61 Å². The predicted octanol–water partition coefficient (Wildman–Crippen LogP) is 3.46. The average molecular weight is 267 g/mol. The molecule has 1 unspecified atom stereocenters. The van der Waals surface area contributed by atoms with Gasteiger partial charge in [-0.3, -0.25) is 0 Å². The van der Waals surface area contributed by atoms with Crippen molar-refractivity contribution in [3.63, 3.8) is 0 Å². The van der Waals surface area contributed by atoms with Gasteiger partial charge in [-0.05, 0) is 43.0 Å². The van der Waals surface area contributed by atoms with E-state index in [0.29, 0.717) is 0 Å². The third-order valence-electron chi connectivity index (χ3n) is 4.38. The van der Waals surface area contributed by atoms with Crippen LogP contribution in [0.4, 0.5) is 0 Å². The minimum Gasteiger partial charge on any atom is -0.493 e. The minimum absolute atomic E-state index is 0.534. The van der Waals surface area contributed by atoms with E-state index in [1.807, 2.05) is 0 Å². The van der Waals surface area contributed by atoms with Crippen molar-refractivity contribution in [2.24, 2.45) is 5.73 Å². The van der Waals surface area contributed by atoms with Crippen LogP contribution in [0, 0.1) is 13.8 Å². The molecule has 20 heavy (non-hydrogen) atoms. The number of para-hydroxylation sites is 1. The monoisotopic (exact) mass is 267 g/mol. The van der Waals surface area contributed by atoms with Crippen molar-refractivity contribution < 1.29 is 4.74 Å². The van der Waals surface area contributed by atoms with Gasteiger partial charge >= 0.3 is 0 Å². The van der Waals surface area contributed by atoms with E-state index in [4.69, 9.17) is 10.5 Å². The smallest absolute Gasteiger partial charge is 0.128 e. The van der Waals surface area contributed by atoms with E-state index in [1.165, 1.54) is 16.7 Å². The Labute approximate surface area is 120 Å². The quantitative estimate of drug-likeness (QED) is 0.904. The highest BCUT2D eigenvalue weighted by molar-refractivity contribution is 5.52. The first kappa shape index (κ1) is 13.2. The van der Waals surface area contributed by atoms with E-state index >= 15 is 0 Å². The Kier molecular flexibility index (Phi) is 3.06. The number of benzene rings is 2. The highest BCUT2D eigenvalue weighted by atomic mass is 16.5. The molecule has 2 nitrogen and oxygen atoms in total. The summed E-state index contributed by atoms with van der Waals surface area (Å²) in [4.78, 5) is 0. The predicted molar refractivity (Wildman–Crippen MR) is 82.2 cm³/mol. The van der Waals surface area contributed by atoms with Gasteiger partial charge in [-0.25, -0.2) is 0 Å². The third-order valence-corrected chi connectivity index (χ3v) is 4.38. The molecule has 0 spiro atoms. The van der Waals surface area contributed by atoms with Gasteiger partial charge < -0.3 is 10.5 Å². The van der Waals surface area contributed by atoms with Gasteiger partial charge in [-0.1, -0.05) is 36.4 Å². The lowest BCUT2D eigenvalue weighted by Gasteiger charge is -2.28. The largest absolute Gasteiger partial charge is 0.493 e. The first-order valence-electron chi connectivity index (χ1n) is 7.12. The summed E-state index contributed by atoms with van der Waals surface area (Å²) in [6.07, 6.45) is 0.978. The zero-order valence-corrected chi connectivity index (χ0v) is 12.4. The SMILES string of the molecule is Cc1ccc(C(C)(N)c2cccc3c2OCC3)cc1C. The van der Waals surface area contributed by atoms with Gasteiger partial charge in [-0.2, -0.15) is 0 Å². The van der Waals surface area contributed by atoms with Gasteiger partial charge in [0.1, 0.15) is 5.75 Å². The fourth-order valence-corrected chi connectivity index (χ4v) is 2.84. The van der Waals surface area contributed by atoms with Crippen molar-refractivity contribution in [1.82, 2.24) is 0 Å². The van der Waals surface area contributed by atoms with Gasteiger partial charge in [0.05, 0.1) is 12.1 Å². The van der Waals surface area contributed by atoms with Crippen LogP contribution < -0.4 is 10.5 Å². The molecule has 1 heterocycles. The second-order valence-corrected chi connectivity index (χ2v) is 5.89. The van der Waals surface area contributed by atoms with E-state index < -0.39 is 5.54 Å². The fraction of sp³-hybridized carbons (Fsp3) is 0.333. The first-order valence-corrected chi connectivity index (χ1v) is 7.12. The standard InChI is InChI=1S/C18H21NO/c1-12-7-8-15(11-13(12)2)18(3,19)16-6-4-5-14-9-10-20-17(14)16/h4-8,11H,9-10,19H2,1-3H3. The molecule has 2 aromatic carbocycles. The maximum Gasteiger partial charge on any atom is 0.128 e. The lowest BCUT2D eigenvalue weighted by molar-refractivity contribution is 0.347. The van der Waals surface area contributed by atoms with Crippen molar-refractivity contribution in [2.45, 2.75) is 32.7 Å². The van der Waals surface area contributed by atoms with Crippen molar-refractivity contribution in [2.75, 3.05) is 6.61 Å². The highest BCUT2D eigenvalue weighted by Crippen LogP contribution is 2.38. The van der Waals surface area contributed by atoms with Gasteiger partial charge in [-0.15, -0.1) is 0 Å². The van der Waals surface area contributed by atoms with Gasteiger partial charge in [0, 0.05) is 12.0 Å². The normalized spacial score (nSPS) is 16.4. The van der Waals surface area contributed by atoms with Crippen molar-refractivity contribution >= 4 is 0 Å². The Hall–Kier alpha value is -1.80. The molecule has 0 aromatic heterocycles. The molecule has 0 fully saturated rings. The Morgan fingerprint density at radius 3 is 2.65 bits per heavy atom. The summed E-state index contributed by atoms with van der Waals surface area (Å²) in [6.45, 7) is 7.07.